The number of aliphatic hydroxyl groups excluding tert-OH is 1. The van der Waals surface area contributed by atoms with Crippen molar-refractivity contribution in [2.45, 2.75) is 37.9 Å². The first-order valence-electron chi connectivity index (χ1n) is 11.6. The van der Waals surface area contributed by atoms with Crippen LogP contribution in [0.15, 0.2) is 67.0 Å². The molecule has 1 fully saturated rings. The number of aliphatic hydroxyl groups is 1. The highest BCUT2D eigenvalue weighted by Gasteiger charge is 2.45. The number of anilines is 1. The van der Waals surface area contributed by atoms with Gasteiger partial charge in [0.05, 0.1) is 51.5 Å². The lowest BCUT2D eigenvalue weighted by Gasteiger charge is -2.23. The minimum atomic E-state index is -0.730. The zero-order valence-electron chi connectivity index (χ0n) is 19.5. The minimum absolute atomic E-state index is 0.0863. The Hall–Kier alpha value is -3.53. The monoisotopic (exact) mass is 475 g/mol. The zero-order valence-corrected chi connectivity index (χ0v) is 19.5. The summed E-state index contributed by atoms with van der Waals surface area (Å²) in [4.78, 5) is 12.9. The molecule has 182 valence electrons. The van der Waals surface area contributed by atoms with Crippen LogP contribution in [0.3, 0.4) is 0 Å². The quantitative estimate of drug-likeness (QED) is 0.379. The topological polar surface area (TPSA) is 118 Å². The first-order valence-corrected chi connectivity index (χ1v) is 11.6. The lowest BCUT2D eigenvalue weighted by atomic mass is 10.0. The van der Waals surface area contributed by atoms with Crippen molar-refractivity contribution in [2.24, 2.45) is 5.92 Å². The molecular weight excluding hydrogens is 446 g/mol. The third kappa shape index (κ3) is 4.97. The Balaban J connectivity index is 1.38. The highest BCUT2D eigenvalue weighted by Crippen LogP contribution is 2.40. The van der Waals surface area contributed by atoms with E-state index in [1.165, 1.54) is 7.11 Å². The van der Waals surface area contributed by atoms with Crippen LogP contribution in [0.4, 0.5) is 5.95 Å². The van der Waals surface area contributed by atoms with Crippen molar-refractivity contribution in [1.82, 2.24) is 19.5 Å². The molecule has 4 aromatic rings. The summed E-state index contributed by atoms with van der Waals surface area (Å²) in [5, 5.41) is 11.4. The van der Waals surface area contributed by atoms with E-state index in [0.29, 0.717) is 43.3 Å². The Morgan fingerprint density at radius 3 is 2.37 bits per heavy atom. The average Bonchev–Trinajstić information content (AvgIpc) is 3.44. The zero-order chi connectivity index (χ0) is 24.2. The van der Waals surface area contributed by atoms with Crippen LogP contribution in [0, 0.1) is 5.92 Å². The van der Waals surface area contributed by atoms with Crippen LogP contribution in [-0.4, -0.2) is 50.6 Å². The summed E-state index contributed by atoms with van der Waals surface area (Å²) in [7, 11) is 1.51. The van der Waals surface area contributed by atoms with Crippen LogP contribution < -0.4 is 10.5 Å². The van der Waals surface area contributed by atoms with Crippen molar-refractivity contribution in [3.8, 4) is 5.88 Å². The Kier molecular flexibility index (Phi) is 6.89. The summed E-state index contributed by atoms with van der Waals surface area (Å²) >= 11 is 0. The predicted molar refractivity (Wildman–Crippen MR) is 131 cm³/mol. The lowest BCUT2D eigenvalue weighted by Crippen LogP contribution is -2.31. The van der Waals surface area contributed by atoms with Crippen molar-refractivity contribution in [3.05, 3.63) is 78.1 Å². The van der Waals surface area contributed by atoms with Gasteiger partial charge in [-0.25, -0.2) is 4.98 Å². The second-order valence-corrected chi connectivity index (χ2v) is 8.71. The number of fused-ring (bicyclic) bond motifs is 1. The number of hydrogen-bond acceptors (Lipinski definition) is 8. The molecule has 0 radical (unpaired) electrons. The fourth-order valence-corrected chi connectivity index (χ4v) is 4.69. The molecule has 0 bridgehead atoms. The average molecular weight is 476 g/mol. The molecule has 9 nitrogen and oxygen atoms in total. The van der Waals surface area contributed by atoms with E-state index in [0.717, 1.165) is 11.1 Å². The van der Waals surface area contributed by atoms with Crippen molar-refractivity contribution in [1.29, 1.82) is 0 Å². The lowest BCUT2D eigenvalue weighted by molar-refractivity contribution is -0.0475. The van der Waals surface area contributed by atoms with E-state index in [2.05, 4.69) is 15.0 Å². The van der Waals surface area contributed by atoms with Crippen molar-refractivity contribution >= 4 is 17.1 Å². The molecule has 0 amide bonds. The highest BCUT2D eigenvalue weighted by atomic mass is 16.5. The van der Waals surface area contributed by atoms with Crippen LogP contribution in [0.25, 0.3) is 11.2 Å². The van der Waals surface area contributed by atoms with E-state index in [1.807, 2.05) is 65.2 Å². The van der Waals surface area contributed by atoms with Crippen LogP contribution in [0.2, 0.25) is 0 Å². The molecule has 35 heavy (non-hydrogen) atoms. The van der Waals surface area contributed by atoms with Crippen molar-refractivity contribution in [3.63, 3.8) is 0 Å². The molecule has 0 spiro atoms. The summed E-state index contributed by atoms with van der Waals surface area (Å²) < 4.78 is 19.5. The molecule has 0 unspecified atom stereocenters. The Bertz CT molecular complexity index is 1250. The molecular formula is C26H29N5O4. The number of nitrogens with zero attached hydrogens (tertiary/aromatic N) is 4. The fourth-order valence-electron chi connectivity index (χ4n) is 4.69. The molecule has 5 rings (SSSR count). The summed E-state index contributed by atoms with van der Waals surface area (Å²) in [5.74, 6) is 0.160. The fraction of sp³-hybridized carbons (Fsp3) is 0.346. The largest absolute Gasteiger partial charge is 0.479 e. The maximum absolute atomic E-state index is 11.4. The van der Waals surface area contributed by atoms with Gasteiger partial charge in [0.1, 0.15) is 0 Å². The number of ether oxygens (including phenoxy) is 3. The Labute approximate surface area is 203 Å². The maximum atomic E-state index is 11.4. The van der Waals surface area contributed by atoms with Crippen LogP contribution in [-0.2, 0) is 22.7 Å². The molecule has 2 heterocycles. The molecule has 0 saturated heterocycles. The summed E-state index contributed by atoms with van der Waals surface area (Å²) in [6, 6.07) is 19.7. The summed E-state index contributed by atoms with van der Waals surface area (Å²) in [5.41, 5.74) is 9.08. The van der Waals surface area contributed by atoms with Crippen molar-refractivity contribution < 1.29 is 19.3 Å². The third-order valence-electron chi connectivity index (χ3n) is 6.47. The third-order valence-corrected chi connectivity index (χ3v) is 6.47. The number of imidazole rings is 1. The Morgan fingerprint density at radius 2 is 1.69 bits per heavy atom. The van der Waals surface area contributed by atoms with Gasteiger partial charge >= 0.3 is 0 Å². The number of methoxy groups -OCH3 is 1. The number of rotatable bonds is 9. The second-order valence-electron chi connectivity index (χ2n) is 8.71. The van der Waals surface area contributed by atoms with Crippen LogP contribution in [0.1, 0.15) is 23.6 Å². The van der Waals surface area contributed by atoms with Crippen LogP contribution >= 0.6 is 0 Å². The SMILES string of the molecule is COc1nc(N)nc2c1ncn2[C@H]1C[C@H](OCc2ccccc2)[C@@H](COCc2ccccc2)[C@@H]1O. The molecule has 3 N–H and O–H groups in total. The van der Waals surface area contributed by atoms with Gasteiger partial charge in [0, 0.05) is 5.92 Å². The molecule has 0 aliphatic heterocycles. The normalized spacial score (nSPS) is 22.0. The number of hydrogen-bond donors (Lipinski definition) is 2. The second kappa shape index (κ2) is 10.4. The first kappa shape index (κ1) is 23.2. The summed E-state index contributed by atoms with van der Waals surface area (Å²) in [6.07, 6.45) is 1.28. The predicted octanol–water partition coefficient (Wildman–Crippen LogP) is 3.14. The summed E-state index contributed by atoms with van der Waals surface area (Å²) in [6.45, 7) is 1.28. The Morgan fingerprint density at radius 1 is 1.00 bits per heavy atom. The standard InChI is InChI=1S/C26H29N5O4/c1-33-25-22-24(29-26(27)30-25)31(16-28-22)20-12-21(35-14-18-10-6-3-7-11-18)19(23(20)32)15-34-13-17-8-4-2-5-9-17/h2-11,16,19-21,23,32H,12-15H2,1H3,(H2,27,29,30)/t19-,20+,21+,23+/m1/s1. The number of nitrogens with two attached hydrogens (primary N) is 1. The smallest absolute Gasteiger partial charge is 0.246 e. The van der Waals surface area contributed by atoms with E-state index in [1.54, 1.807) is 6.33 Å². The molecule has 9 heteroatoms. The van der Waals surface area contributed by atoms with Gasteiger partial charge in [0.25, 0.3) is 0 Å². The molecule has 2 aromatic carbocycles. The number of aromatic nitrogens is 4. The van der Waals surface area contributed by atoms with Gasteiger partial charge in [-0.3, -0.25) is 0 Å². The molecule has 1 aliphatic rings. The molecule has 1 aliphatic carbocycles. The van der Waals surface area contributed by atoms with Gasteiger partial charge in [-0.15, -0.1) is 0 Å². The molecule has 2 aromatic heterocycles. The van der Waals surface area contributed by atoms with E-state index < -0.39 is 6.10 Å². The first-order chi connectivity index (χ1) is 17.1. The van der Waals surface area contributed by atoms with E-state index in [4.69, 9.17) is 19.9 Å². The van der Waals surface area contributed by atoms with Crippen LogP contribution in [0.5, 0.6) is 5.88 Å². The van der Waals surface area contributed by atoms with E-state index >= 15 is 0 Å². The van der Waals surface area contributed by atoms with Gasteiger partial charge in [0.2, 0.25) is 11.8 Å². The minimum Gasteiger partial charge on any atom is -0.479 e. The van der Waals surface area contributed by atoms with Crippen molar-refractivity contribution in [2.75, 3.05) is 19.5 Å². The van der Waals surface area contributed by atoms with Gasteiger partial charge in [-0.05, 0) is 17.5 Å². The van der Waals surface area contributed by atoms with Gasteiger partial charge in [-0.1, -0.05) is 60.7 Å². The molecule has 1 saturated carbocycles. The highest BCUT2D eigenvalue weighted by molar-refractivity contribution is 5.77. The van der Waals surface area contributed by atoms with E-state index in [9.17, 15) is 5.11 Å². The number of nitrogen functional groups attached to an aromatic ring is 1. The maximum Gasteiger partial charge on any atom is 0.246 e. The number of benzene rings is 2. The molecule has 4 atom stereocenters. The van der Waals surface area contributed by atoms with Gasteiger partial charge in [-0.2, -0.15) is 9.97 Å². The van der Waals surface area contributed by atoms with E-state index in [-0.39, 0.29) is 24.0 Å². The van der Waals surface area contributed by atoms with Gasteiger partial charge < -0.3 is 29.6 Å². The van der Waals surface area contributed by atoms with Gasteiger partial charge in [0.15, 0.2) is 11.2 Å².